The van der Waals surface area contributed by atoms with E-state index >= 15 is 0 Å². The fourth-order valence-electron chi connectivity index (χ4n) is 2.14. The number of ether oxygens (including phenoxy) is 1. The van der Waals surface area contributed by atoms with Crippen molar-refractivity contribution in [3.05, 3.63) is 35.9 Å². The number of rotatable bonds is 7. The second-order valence-electron chi connectivity index (χ2n) is 5.59. The number of methoxy groups -OCH3 is 1. The highest BCUT2D eigenvalue weighted by molar-refractivity contribution is 7.99. The zero-order chi connectivity index (χ0) is 17.7. The SMILES string of the molecule is COc1ccc([C@H](C)NC(=O)CSc2nncn2C(C)C)cc1F. The first-order chi connectivity index (χ1) is 11.4. The number of amides is 1. The van der Waals surface area contributed by atoms with E-state index in [9.17, 15) is 9.18 Å². The largest absolute Gasteiger partial charge is 0.494 e. The molecule has 0 saturated carbocycles. The molecule has 0 fully saturated rings. The van der Waals surface area contributed by atoms with E-state index in [0.29, 0.717) is 10.7 Å². The van der Waals surface area contributed by atoms with Crippen LogP contribution in [0.3, 0.4) is 0 Å². The van der Waals surface area contributed by atoms with Gasteiger partial charge in [0.15, 0.2) is 16.7 Å². The maximum absolute atomic E-state index is 13.7. The molecule has 0 aliphatic carbocycles. The highest BCUT2D eigenvalue weighted by Crippen LogP contribution is 2.22. The second-order valence-corrected chi connectivity index (χ2v) is 6.53. The van der Waals surface area contributed by atoms with Gasteiger partial charge >= 0.3 is 0 Å². The van der Waals surface area contributed by atoms with Crippen LogP contribution in [0, 0.1) is 5.82 Å². The second kappa shape index (κ2) is 8.14. The molecule has 1 aromatic carbocycles. The Morgan fingerprint density at radius 2 is 2.17 bits per heavy atom. The number of aromatic nitrogens is 3. The van der Waals surface area contributed by atoms with E-state index in [4.69, 9.17) is 4.74 Å². The molecule has 1 atom stereocenters. The topological polar surface area (TPSA) is 69.0 Å². The lowest BCUT2D eigenvalue weighted by molar-refractivity contribution is -0.119. The van der Waals surface area contributed by atoms with Crippen molar-refractivity contribution in [2.24, 2.45) is 0 Å². The lowest BCUT2D eigenvalue weighted by Crippen LogP contribution is -2.28. The summed E-state index contributed by atoms with van der Waals surface area (Å²) < 4.78 is 20.5. The van der Waals surface area contributed by atoms with Crippen LogP contribution < -0.4 is 10.1 Å². The highest BCUT2D eigenvalue weighted by Gasteiger charge is 2.14. The van der Waals surface area contributed by atoms with Gasteiger partial charge in [-0.25, -0.2) is 4.39 Å². The van der Waals surface area contributed by atoms with Crippen LogP contribution in [0.2, 0.25) is 0 Å². The van der Waals surface area contributed by atoms with E-state index in [0.717, 1.165) is 0 Å². The van der Waals surface area contributed by atoms with Gasteiger partial charge in [-0.3, -0.25) is 4.79 Å². The Balaban J connectivity index is 1.92. The van der Waals surface area contributed by atoms with E-state index in [2.05, 4.69) is 15.5 Å². The molecule has 0 spiro atoms. The molecule has 8 heteroatoms. The van der Waals surface area contributed by atoms with E-state index in [-0.39, 0.29) is 29.5 Å². The number of benzene rings is 1. The Bertz CT molecular complexity index is 705. The predicted molar refractivity (Wildman–Crippen MR) is 90.6 cm³/mol. The van der Waals surface area contributed by atoms with Gasteiger partial charge in [0.2, 0.25) is 5.91 Å². The lowest BCUT2D eigenvalue weighted by Gasteiger charge is -2.15. The van der Waals surface area contributed by atoms with Gasteiger partial charge in [-0.1, -0.05) is 17.8 Å². The first-order valence-corrected chi connectivity index (χ1v) is 8.56. The lowest BCUT2D eigenvalue weighted by atomic mass is 10.1. The van der Waals surface area contributed by atoms with Crippen molar-refractivity contribution in [2.75, 3.05) is 12.9 Å². The Morgan fingerprint density at radius 3 is 2.79 bits per heavy atom. The first-order valence-electron chi connectivity index (χ1n) is 7.57. The van der Waals surface area contributed by atoms with Crippen molar-refractivity contribution in [3.8, 4) is 5.75 Å². The van der Waals surface area contributed by atoms with Crippen LogP contribution in [-0.2, 0) is 4.79 Å². The average Bonchev–Trinajstić information content (AvgIpc) is 3.01. The first kappa shape index (κ1) is 18.3. The third-order valence-corrected chi connectivity index (χ3v) is 4.44. The fourth-order valence-corrected chi connectivity index (χ4v) is 2.99. The van der Waals surface area contributed by atoms with Gasteiger partial charge in [-0.15, -0.1) is 10.2 Å². The van der Waals surface area contributed by atoms with Gasteiger partial charge < -0.3 is 14.6 Å². The van der Waals surface area contributed by atoms with E-state index < -0.39 is 5.82 Å². The molecule has 6 nitrogen and oxygen atoms in total. The maximum Gasteiger partial charge on any atom is 0.230 e. The number of halogens is 1. The molecule has 130 valence electrons. The maximum atomic E-state index is 13.7. The van der Waals surface area contributed by atoms with Gasteiger partial charge in [0, 0.05) is 6.04 Å². The predicted octanol–water partition coefficient (Wildman–Crippen LogP) is 2.98. The van der Waals surface area contributed by atoms with Crippen LogP contribution in [0.1, 0.15) is 38.4 Å². The van der Waals surface area contributed by atoms with Crippen molar-refractivity contribution >= 4 is 17.7 Å². The highest BCUT2D eigenvalue weighted by atomic mass is 32.2. The number of nitrogens with zero attached hydrogens (tertiary/aromatic N) is 3. The molecule has 1 N–H and O–H groups in total. The molecular weight excluding hydrogens is 331 g/mol. The Morgan fingerprint density at radius 1 is 1.42 bits per heavy atom. The molecule has 2 rings (SSSR count). The molecule has 1 heterocycles. The smallest absolute Gasteiger partial charge is 0.230 e. The molecule has 2 aromatic rings. The van der Waals surface area contributed by atoms with Crippen LogP contribution in [0.25, 0.3) is 0 Å². The number of hydrogen-bond donors (Lipinski definition) is 1. The van der Waals surface area contributed by atoms with Crippen LogP contribution in [0.4, 0.5) is 4.39 Å². The van der Waals surface area contributed by atoms with Crippen LogP contribution in [-0.4, -0.2) is 33.5 Å². The molecule has 0 aliphatic rings. The summed E-state index contributed by atoms with van der Waals surface area (Å²) in [5, 5.41) is 11.4. The van der Waals surface area contributed by atoms with E-state index in [1.165, 1.54) is 24.9 Å². The third kappa shape index (κ3) is 4.47. The van der Waals surface area contributed by atoms with Gasteiger partial charge in [0.05, 0.1) is 18.9 Å². The normalized spacial score (nSPS) is 12.2. The fraction of sp³-hybridized carbons (Fsp3) is 0.438. The van der Waals surface area contributed by atoms with Crippen molar-refractivity contribution in [1.29, 1.82) is 0 Å². The summed E-state index contributed by atoms with van der Waals surface area (Å²) in [6.45, 7) is 5.85. The monoisotopic (exact) mass is 352 g/mol. The molecular formula is C16H21FN4O2S. The van der Waals surface area contributed by atoms with Crippen molar-refractivity contribution in [1.82, 2.24) is 20.1 Å². The summed E-state index contributed by atoms with van der Waals surface area (Å²) in [6.07, 6.45) is 1.65. The average molecular weight is 352 g/mol. The standard InChI is InChI=1S/C16H21FN4O2S/c1-10(2)21-9-18-20-16(21)24-8-15(22)19-11(3)12-5-6-14(23-4)13(17)7-12/h5-7,9-11H,8H2,1-4H3,(H,19,22)/t11-/m0/s1. The number of hydrogen-bond acceptors (Lipinski definition) is 5. The minimum Gasteiger partial charge on any atom is -0.494 e. The van der Waals surface area contributed by atoms with Crippen LogP contribution >= 0.6 is 11.8 Å². The molecule has 0 unspecified atom stereocenters. The van der Waals surface area contributed by atoms with Crippen LogP contribution in [0.15, 0.2) is 29.7 Å². The van der Waals surface area contributed by atoms with Gasteiger partial charge in [-0.05, 0) is 38.5 Å². The minimum atomic E-state index is -0.449. The van der Waals surface area contributed by atoms with E-state index in [1.807, 2.05) is 18.4 Å². The molecule has 1 amide bonds. The summed E-state index contributed by atoms with van der Waals surface area (Å²) in [4.78, 5) is 12.1. The quantitative estimate of drug-likeness (QED) is 0.776. The van der Waals surface area contributed by atoms with E-state index in [1.54, 1.807) is 25.4 Å². The number of thioether (sulfide) groups is 1. The summed E-state index contributed by atoms with van der Waals surface area (Å²) >= 11 is 1.32. The zero-order valence-electron chi connectivity index (χ0n) is 14.1. The van der Waals surface area contributed by atoms with Crippen molar-refractivity contribution < 1.29 is 13.9 Å². The Kier molecular flexibility index (Phi) is 6.19. The number of carbonyl (C=O) groups excluding carboxylic acids is 1. The Hall–Kier alpha value is -2.09. The number of nitrogens with one attached hydrogen (secondary N) is 1. The minimum absolute atomic E-state index is 0.151. The summed E-state index contributed by atoms with van der Waals surface area (Å²) in [5.41, 5.74) is 0.678. The summed E-state index contributed by atoms with van der Waals surface area (Å²) in [7, 11) is 1.41. The number of carbonyl (C=O) groups is 1. The van der Waals surface area contributed by atoms with Gasteiger partial charge in [0.25, 0.3) is 0 Å². The molecule has 0 saturated heterocycles. The molecule has 24 heavy (non-hydrogen) atoms. The Labute approximate surface area is 144 Å². The summed E-state index contributed by atoms with van der Waals surface area (Å²) in [5.74, 6) is -0.201. The van der Waals surface area contributed by atoms with Crippen molar-refractivity contribution in [3.63, 3.8) is 0 Å². The van der Waals surface area contributed by atoms with Gasteiger partial charge in [0.1, 0.15) is 6.33 Å². The summed E-state index contributed by atoms with van der Waals surface area (Å²) in [6, 6.07) is 4.57. The van der Waals surface area contributed by atoms with Crippen molar-refractivity contribution in [2.45, 2.75) is 38.0 Å². The van der Waals surface area contributed by atoms with Gasteiger partial charge in [-0.2, -0.15) is 0 Å². The molecule has 0 bridgehead atoms. The molecule has 0 radical (unpaired) electrons. The third-order valence-electron chi connectivity index (χ3n) is 3.48. The molecule has 0 aliphatic heterocycles. The molecule has 1 aromatic heterocycles. The zero-order valence-corrected chi connectivity index (χ0v) is 14.9. The van der Waals surface area contributed by atoms with Crippen LogP contribution in [0.5, 0.6) is 5.75 Å².